The van der Waals surface area contributed by atoms with Crippen LogP contribution < -0.4 is 0 Å². The molecule has 0 unspecified atom stereocenters. The monoisotopic (exact) mass is 222 g/mol. The van der Waals surface area contributed by atoms with E-state index in [1.807, 2.05) is 38.3 Å². The molecule has 0 bridgehead atoms. The Kier molecular flexibility index (Phi) is 3.71. The molecular weight excluding hydrogens is 206 g/mol. The number of hydrogen-bond donors (Lipinski definition) is 0. The lowest BCUT2D eigenvalue weighted by atomic mass is 9.93. The van der Waals surface area contributed by atoms with Crippen molar-refractivity contribution in [2.75, 3.05) is 0 Å². The van der Waals surface area contributed by atoms with Crippen molar-refractivity contribution >= 4 is 11.8 Å². The zero-order valence-corrected chi connectivity index (χ0v) is 10.2. The van der Waals surface area contributed by atoms with Crippen molar-refractivity contribution in [1.29, 1.82) is 0 Å². The zero-order valence-electron chi connectivity index (χ0n) is 10.2. The van der Waals surface area contributed by atoms with Crippen LogP contribution >= 0.6 is 0 Å². The van der Waals surface area contributed by atoms with Crippen molar-refractivity contribution < 1.29 is 0 Å². The summed E-state index contributed by atoms with van der Waals surface area (Å²) in [7, 11) is 0. The second kappa shape index (κ2) is 5.44. The Morgan fingerprint density at radius 1 is 0.882 bits per heavy atom. The van der Waals surface area contributed by atoms with Gasteiger partial charge >= 0.3 is 0 Å². The highest BCUT2D eigenvalue weighted by Gasteiger charge is 2.21. The molecule has 0 amide bonds. The van der Waals surface area contributed by atoms with Gasteiger partial charge in [-0.2, -0.15) is 0 Å². The molecule has 17 heavy (non-hydrogen) atoms. The first-order valence-electron chi connectivity index (χ1n) is 6.01. The minimum atomic E-state index is 1.07. The van der Waals surface area contributed by atoms with Gasteiger partial charge in [0.2, 0.25) is 0 Å². The fourth-order valence-corrected chi connectivity index (χ4v) is 1.90. The highest BCUT2D eigenvalue weighted by atomic mass is 14.8. The molecule has 1 radical (unpaired) electrons. The maximum absolute atomic E-state index is 4.33. The smallest absolute Gasteiger partial charge is 0.137 e. The molecule has 1 nitrogen and oxygen atoms in total. The predicted molar refractivity (Wildman–Crippen MR) is 74.7 cm³/mol. The van der Waals surface area contributed by atoms with Gasteiger partial charge in [-0.25, -0.2) is 0 Å². The lowest BCUT2D eigenvalue weighted by Crippen LogP contribution is -2.01. The molecule has 0 aromatic heterocycles. The quantitative estimate of drug-likeness (QED) is 0.675. The summed E-state index contributed by atoms with van der Waals surface area (Å²) in [5.41, 5.74) is 3.73. The molecule has 85 valence electrons. The summed E-state index contributed by atoms with van der Waals surface area (Å²) in [5, 5.41) is 0. The van der Waals surface area contributed by atoms with Gasteiger partial charge in [0, 0.05) is 6.21 Å². The average Bonchev–Trinajstić information content (AvgIpc) is 2.90. The Hall–Kier alpha value is -1.89. The zero-order chi connectivity index (χ0) is 12.1. The topological polar surface area (TPSA) is 12.4 Å². The van der Waals surface area contributed by atoms with Crippen molar-refractivity contribution in [3.05, 3.63) is 71.8 Å². The summed E-state index contributed by atoms with van der Waals surface area (Å²) in [6.07, 6.45) is 10.1. The molecule has 1 heteroatoms. The Morgan fingerprint density at radius 3 is 2.41 bits per heavy atom. The summed E-state index contributed by atoms with van der Waals surface area (Å²) in [6.45, 7) is 4.00. The summed E-state index contributed by atoms with van der Waals surface area (Å²) in [5.74, 6) is 0. The second-order valence-electron chi connectivity index (χ2n) is 3.55. The van der Waals surface area contributed by atoms with E-state index in [0.29, 0.717) is 0 Å². The standard InChI is InChI=1S/C14H10N.C2H6/c1-2-5-11(6-3-1)12-9-10-15-14-8-4-7-13(12)14;1-2/h1-10H;1-2H3. The largest absolute Gasteiger partial charge is 0.274 e. The highest BCUT2D eigenvalue weighted by Crippen LogP contribution is 2.36. The van der Waals surface area contributed by atoms with Crippen LogP contribution in [0.2, 0.25) is 0 Å². The van der Waals surface area contributed by atoms with Gasteiger partial charge in [-0.15, -0.1) is 0 Å². The summed E-state index contributed by atoms with van der Waals surface area (Å²) in [6, 6.07) is 11.5. The lowest BCUT2D eigenvalue weighted by molar-refractivity contribution is 1.21. The van der Waals surface area contributed by atoms with Crippen molar-refractivity contribution in [1.82, 2.24) is 0 Å². The average molecular weight is 222 g/mol. The Bertz CT molecular complexity index is 490. The van der Waals surface area contributed by atoms with Gasteiger partial charge in [0.25, 0.3) is 0 Å². The van der Waals surface area contributed by atoms with Crippen LogP contribution in [0, 0.1) is 6.04 Å². The SMILES string of the molecule is C1=C[C]2N=CC=C(c3ccccc3)C2=C1.CC. The third kappa shape index (κ3) is 2.28. The van der Waals surface area contributed by atoms with Crippen molar-refractivity contribution in [3.8, 4) is 0 Å². The summed E-state index contributed by atoms with van der Waals surface area (Å²) < 4.78 is 0. The van der Waals surface area contributed by atoms with E-state index >= 15 is 0 Å². The van der Waals surface area contributed by atoms with Crippen LogP contribution in [-0.2, 0) is 0 Å². The number of allylic oxidation sites excluding steroid dienone is 3. The molecular formula is C16H16N. The van der Waals surface area contributed by atoms with Gasteiger partial charge in [-0.1, -0.05) is 56.3 Å². The molecule has 1 aromatic rings. The summed E-state index contributed by atoms with van der Waals surface area (Å²) in [4.78, 5) is 4.33. The van der Waals surface area contributed by atoms with E-state index in [1.54, 1.807) is 0 Å². The van der Waals surface area contributed by atoms with E-state index in [2.05, 4.69) is 41.4 Å². The molecule has 1 aliphatic carbocycles. The maximum atomic E-state index is 4.33. The third-order valence-corrected chi connectivity index (χ3v) is 2.62. The molecule has 0 N–H and O–H groups in total. The van der Waals surface area contributed by atoms with Gasteiger partial charge in [-0.3, -0.25) is 4.99 Å². The first-order chi connectivity index (χ1) is 8.45. The van der Waals surface area contributed by atoms with Gasteiger partial charge in [0.05, 0.1) is 0 Å². The van der Waals surface area contributed by atoms with Gasteiger partial charge in [0.15, 0.2) is 0 Å². The number of dihydropyridines is 1. The molecule has 0 saturated carbocycles. The molecule has 1 aliphatic heterocycles. The van der Waals surface area contributed by atoms with E-state index in [1.165, 1.54) is 16.7 Å². The minimum absolute atomic E-state index is 1.07. The minimum Gasteiger partial charge on any atom is -0.274 e. The van der Waals surface area contributed by atoms with Crippen LogP contribution in [-0.4, -0.2) is 6.21 Å². The second-order valence-corrected chi connectivity index (χ2v) is 3.55. The fraction of sp³-hybridized carbons (Fsp3) is 0.125. The Morgan fingerprint density at radius 2 is 1.65 bits per heavy atom. The molecule has 0 spiro atoms. The molecule has 2 aliphatic rings. The van der Waals surface area contributed by atoms with Crippen molar-refractivity contribution in [2.24, 2.45) is 4.99 Å². The first-order valence-corrected chi connectivity index (χ1v) is 6.01. The van der Waals surface area contributed by atoms with E-state index in [4.69, 9.17) is 0 Å². The van der Waals surface area contributed by atoms with Crippen molar-refractivity contribution in [3.63, 3.8) is 0 Å². The number of aliphatic imine (C=N–C) groups is 1. The maximum Gasteiger partial charge on any atom is 0.137 e. The van der Waals surface area contributed by atoms with E-state index in [9.17, 15) is 0 Å². The van der Waals surface area contributed by atoms with Crippen LogP contribution in [0.3, 0.4) is 0 Å². The normalized spacial score (nSPS) is 16.8. The van der Waals surface area contributed by atoms with Crippen LogP contribution in [0.5, 0.6) is 0 Å². The third-order valence-electron chi connectivity index (χ3n) is 2.62. The van der Waals surface area contributed by atoms with Crippen molar-refractivity contribution in [2.45, 2.75) is 13.8 Å². The first kappa shape index (κ1) is 11.6. The number of nitrogens with zero attached hydrogens (tertiary/aromatic N) is 1. The van der Waals surface area contributed by atoms with Crippen LogP contribution in [0.1, 0.15) is 19.4 Å². The Balaban J connectivity index is 0.000000514. The van der Waals surface area contributed by atoms with Gasteiger partial charge in [0.1, 0.15) is 6.04 Å². The molecule has 0 atom stereocenters. The van der Waals surface area contributed by atoms with Crippen LogP contribution in [0.15, 0.2) is 65.2 Å². The fourth-order valence-electron chi connectivity index (χ4n) is 1.90. The van der Waals surface area contributed by atoms with Gasteiger partial charge < -0.3 is 0 Å². The molecule has 0 fully saturated rings. The Labute approximate surface area is 103 Å². The molecule has 0 saturated heterocycles. The summed E-state index contributed by atoms with van der Waals surface area (Å²) >= 11 is 0. The number of fused-ring (bicyclic) bond motifs is 1. The molecule has 3 rings (SSSR count). The van der Waals surface area contributed by atoms with E-state index < -0.39 is 0 Å². The number of hydrogen-bond acceptors (Lipinski definition) is 1. The van der Waals surface area contributed by atoms with Gasteiger partial charge in [-0.05, 0) is 28.9 Å². The highest BCUT2D eigenvalue weighted by molar-refractivity contribution is 5.97. The van der Waals surface area contributed by atoms with Crippen LogP contribution in [0.25, 0.3) is 5.57 Å². The predicted octanol–water partition coefficient (Wildman–Crippen LogP) is 4.21. The van der Waals surface area contributed by atoms with E-state index in [-0.39, 0.29) is 0 Å². The number of benzene rings is 1. The molecule has 1 heterocycles. The van der Waals surface area contributed by atoms with E-state index in [0.717, 1.165) is 6.04 Å². The number of rotatable bonds is 1. The molecule has 1 aromatic carbocycles. The van der Waals surface area contributed by atoms with Crippen LogP contribution in [0.4, 0.5) is 0 Å². The lowest BCUT2D eigenvalue weighted by Gasteiger charge is -2.16.